The molecule has 0 saturated heterocycles. The molecule has 5 nitrogen and oxygen atoms in total. The molecule has 2 heterocycles. The molecule has 0 radical (unpaired) electrons. The number of Topliss-reactive ketones (excluding diaryl/α,β-unsaturated/α-hetero) is 1. The number of thioether (sulfide) groups is 1. The van der Waals surface area contributed by atoms with Gasteiger partial charge in [0.05, 0.1) is 30.3 Å². The molecule has 0 aliphatic carbocycles. The van der Waals surface area contributed by atoms with E-state index in [1.165, 1.54) is 23.1 Å². The molecule has 2 N–H and O–H groups in total. The molecule has 1 aromatic carbocycles. The summed E-state index contributed by atoms with van der Waals surface area (Å²) in [6.07, 6.45) is 1.04. The minimum absolute atomic E-state index is 0.0350. The van der Waals surface area contributed by atoms with Crippen LogP contribution < -0.4 is 15.2 Å². The summed E-state index contributed by atoms with van der Waals surface area (Å²) in [5.74, 6) is 1.45. The molecular formula is C17H17NO4S2. The molecule has 126 valence electrons. The maximum Gasteiger partial charge on any atom is 0.222 e. The maximum atomic E-state index is 12.3. The number of rotatable bonds is 6. The Labute approximate surface area is 148 Å². The summed E-state index contributed by atoms with van der Waals surface area (Å²) < 4.78 is 11.3. The van der Waals surface area contributed by atoms with Crippen LogP contribution >= 0.6 is 23.1 Å². The van der Waals surface area contributed by atoms with E-state index >= 15 is 0 Å². The van der Waals surface area contributed by atoms with Gasteiger partial charge in [-0.2, -0.15) is 0 Å². The van der Waals surface area contributed by atoms with Gasteiger partial charge in [-0.3, -0.25) is 9.59 Å². The highest BCUT2D eigenvalue weighted by atomic mass is 32.2. The van der Waals surface area contributed by atoms with Crippen molar-refractivity contribution < 1.29 is 19.1 Å². The number of benzene rings is 1. The second-order valence-electron chi connectivity index (χ2n) is 5.28. The van der Waals surface area contributed by atoms with Crippen molar-refractivity contribution in [2.24, 2.45) is 5.73 Å². The zero-order valence-electron chi connectivity index (χ0n) is 12.9. The Morgan fingerprint density at radius 2 is 1.92 bits per heavy atom. The molecule has 1 aromatic heterocycles. The largest absolute Gasteiger partial charge is 0.490 e. The Morgan fingerprint density at radius 3 is 2.71 bits per heavy atom. The van der Waals surface area contributed by atoms with E-state index in [1.54, 1.807) is 12.1 Å². The Bertz CT molecular complexity index is 757. The zero-order chi connectivity index (χ0) is 16.9. The van der Waals surface area contributed by atoms with E-state index in [0.717, 1.165) is 27.7 Å². The third kappa shape index (κ3) is 4.30. The molecule has 0 atom stereocenters. The second kappa shape index (κ2) is 7.72. The molecule has 24 heavy (non-hydrogen) atoms. The highest BCUT2D eigenvalue weighted by Gasteiger charge is 2.14. The molecule has 3 rings (SSSR count). The van der Waals surface area contributed by atoms with E-state index in [-0.39, 0.29) is 12.2 Å². The van der Waals surface area contributed by atoms with Gasteiger partial charge in [-0.15, -0.1) is 23.1 Å². The van der Waals surface area contributed by atoms with Crippen molar-refractivity contribution in [3.63, 3.8) is 0 Å². The molecule has 1 aliphatic heterocycles. The average Bonchev–Trinajstić information content (AvgIpc) is 2.88. The fourth-order valence-corrected chi connectivity index (χ4v) is 4.10. The summed E-state index contributed by atoms with van der Waals surface area (Å²) in [5.41, 5.74) is 5.17. The molecule has 0 saturated carbocycles. The minimum atomic E-state index is -0.391. The Kier molecular flexibility index (Phi) is 5.42. The lowest BCUT2D eigenvalue weighted by atomic mass is 10.3. The number of thiophene rings is 1. The van der Waals surface area contributed by atoms with E-state index in [9.17, 15) is 9.59 Å². The summed E-state index contributed by atoms with van der Waals surface area (Å²) in [5, 5.41) is 0. The lowest BCUT2D eigenvalue weighted by Crippen LogP contribution is -2.12. The predicted molar refractivity (Wildman–Crippen MR) is 94.3 cm³/mol. The molecular weight excluding hydrogens is 346 g/mol. The van der Waals surface area contributed by atoms with Crippen LogP contribution in [0.15, 0.2) is 35.2 Å². The van der Waals surface area contributed by atoms with E-state index in [0.29, 0.717) is 23.8 Å². The van der Waals surface area contributed by atoms with Gasteiger partial charge in [-0.05, 0) is 30.3 Å². The summed E-state index contributed by atoms with van der Waals surface area (Å²) >= 11 is 2.78. The fraction of sp³-hybridized carbons (Fsp3) is 0.294. The third-order valence-electron chi connectivity index (χ3n) is 3.37. The normalized spacial score (nSPS) is 13.3. The van der Waals surface area contributed by atoms with Crippen LogP contribution in [-0.4, -0.2) is 30.7 Å². The van der Waals surface area contributed by atoms with Gasteiger partial charge in [-0.1, -0.05) is 0 Å². The molecule has 0 fully saturated rings. The van der Waals surface area contributed by atoms with E-state index in [4.69, 9.17) is 15.2 Å². The number of hydrogen-bond donors (Lipinski definition) is 1. The molecule has 0 unspecified atom stereocenters. The number of ketones is 1. The van der Waals surface area contributed by atoms with Gasteiger partial charge in [0.1, 0.15) is 0 Å². The number of ether oxygens (including phenoxy) is 2. The van der Waals surface area contributed by atoms with Gasteiger partial charge >= 0.3 is 0 Å². The predicted octanol–water partition coefficient (Wildman–Crippen LogP) is 2.91. The number of carbonyl (C=O) groups is 2. The smallest absolute Gasteiger partial charge is 0.222 e. The lowest BCUT2D eigenvalue weighted by molar-refractivity contribution is -0.117. The standard InChI is InChI=1S/C17H17NO4S2/c18-17(20)9-12-3-5-16(24-12)13(19)10-23-11-2-4-14-15(8-11)22-7-1-6-21-14/h2-5,8H,1,6-7,9-10H2,(H2,18,20). The minimum Gasteiger partial charge on any atom is -0.490 e. The van der Waals surface area contributed by atoms with Crippen LogP contribution in [0.2, 0.25) is 0 Å². The van der Waals surface area contributed by atoms with Crippen LogP contribution in [0.5, 0.6) is 11.5 Å². The van der Waals surface area contributed by atoms with Crippen molar-refractivity contribution in [1.82, 2.24) is 0 Å². The summed E-state index contributed by atoms with van der Waals surface area (Å²) in [6, 6.07) is 9.24. The van der Waals surface area contributed by atoms with Crippen molar-refractivity contribution >= 4 is 34.8 Å². The van der Waals surface area contributed by atoms with Crippen LogP contribution in [0.25, 0.3) is 0 Å². The number of hydrogen-bond acceptors (Lipinski definition) is 6. The molecule has 0 spiro atoms. The Morgan fingerprint density at radius 1 is 1.12 bits per heavy atom. The first-order valence-corrected chi connectivity index (χ1v) is 9.35. The van der Waals surface area contributed by atoms with Gasteiger partial charge < -0.3 is 15.2 Å². The molecule has 1 aliphatic rings. The van der Waals surface area contributed by atoms with Crippen molar-refractivity contribution in [3.8, 4) is 11.5 Å². The SMILES string of the molecule is NC(=O)Cc1ccc(C(=O)CSc2ccc3c(c2)OCCCO3)s1. The highest BCUT2D eigenvalue weighted by molar-refractivity contribution is 8.00. The van der Waals surface area contributed by atoms with Crippen molar-refractivity contribution in [2.45, 2.75) is 17.7 Å². The van der Waals surface area contributed by atoms with Gasteiger partial charge in [0.25, 0.3) is 0 Å². The molecule has 1 amide bonds. The van der Waals surface area contributed by atoms with Gasteiger partial charge in [-0.25, -0.2) is 0 Å². The molecule has 0 bridgehead atoms. The molecule has 2 aromatic rings. The third-order valence-corrected chi connectivity index (χ3v) is 5.49. The van der Waals surface area contributed by atoms with Crippen LogP contribution in [0.1, 0.15) is 21.0 Å². The van der Waals surface area contributed by atoms with Gasteiger partial charge in [0, 0.05) is 16.2 Å². The first-order valence-electron chi connectivity index (χ1n) is 7.54. The Balaban J connectivity index is 1.61. The fourth-order valence-electron chi connectivity index (χ4n) is 2.25. The first kappa shape index (κ1) is 16.9. The van der Waals surface area contributed by atoms with Crippen LogP contribution in [-0.2, 0) is 11.2 Å². The highest BCUT2D eigenvalue weighted by Crippen LogP contribution is 2.34. The van der Waals surface area contributed by atoms with E-state index in [2.05, 4.69) is 0 Å². The van der Waals surface area contributed by atoms with Crippen molar-refractivity contribution in [2.75, 3.05) is 19.0 Å². The van der Waals surface area contributed by atoms with Gasteiger partial charge in [0.2, 0.25) is 5.91 Å². The lowest BCUT2D eigenvalue weighted by Gasteiger charge is -2.08. The monoisotopic (exact) mass is 363 g/mol. The summed E-state index contributed by atoms with van der Waals surface area (Å²) in [6.45, 7) is 1.29. The Hall–Kier alpha value is -1.99. The van der Waals surface area contributed by atoms with Crippen molar-refractivity contribution in [3.05, 3.63) is 40.1 Å². The van der Waals surface area contributed by atoms with Crippen molar-refractivity contribution in [1.29, 1.82) is 0 Å². The quantitative estimate of drug-likeness (QED) is 0.631. The molecule has 7 heteroatoms. The summed E-state index contributed by atoms with van der Waals surface area (Å²) in [7, 11) is 0. The number of carbonyl (C=O) groups excluding carboxylic acids is 2. The van der Waals surface area contributed by atoms with Crippen LogP contribution in [0.4, 0.5) is 0 Å². The van der Waals surface area contributed by atoms with Crippen LogP contribution in [0.3, 0.4) is 0 Å². The second-order valence-corrected chi connectivity index (χ2v) is 7.50. The maximum absolute atomic E-state index is 12.3. The zero-order valence-corrected chi connectivity index (χ0v) is 14.6. The summed E-state index contributed by atoms with van der Waals surface area (Å²) in [4.78, 5) is 25.6. The number of primary amides is 1. The van der Waals surface area contributed by atoms with Gasteiger partial charge in [0.15, 0.2) is 17.3 Å². The number of fused-ring (bicyclic) bond motifs is 1. The van der Waals surface area contributed by atoms with E-state index in [1.807, 2.05) is 18.2 Å². The first-order chi connectivity index (χ1) is 11.6. The van der Waals surface area contributed by atoms with Crippen LogP contribution in [0, 0.1) is 0 Å². The number of amides is 1. The topological polar surface area (TPSA) is 78.6 Å². The average molecular weight is 363 g/mol. The van der Waals surface area contributed by atoms with E-state index < -0.39 is 5.91 Å². The number of nitrogens with two attached hydrogens (primary N) is 1.